The van der Waals surface area contributed by atoms with Crippen molar-refractivity contribution >= 4 is 17.3 Å². The molecule has 16 heavy (non-hydrogen) atoms. The lowest BCUT2D eigenvalue weighted by Crippen LogP contribution is -2.40. The molecule has 1 aromatic rings. The van der Waals surface area contributed by atoms with Crippen molar-refractivity contribution in [1.29, 1.82) is 0 Å². The van der Waals surface area contributed by atoms with Crippen LogP contribution >= 0.6 is 0 Å². The molecule has 1 amide bonds. The van der Waals surface area contributed by atoms with Gasteiger partial charge in [-0.2, -0.15) is 0 Å². The molecule has 88 valence electrons. The minimum Gasteiger partial charge on any atom is -0.399 e. The molecule has 0 saturated heterocycles. The molecule has 0 aliphatic carbocycles. The number of carbonyl (C=O) groups is 1. The molecule has 0 aromatic heterocycles. The molecule has 1 aromatic carbocycles. The van der Waals surface area contributed by atoms with Crippen LogP contribution in [0.1, 0.15) is 20.3 Å². The summed E-state index contributed by atoms with van der Waals surface area (Å²) < 4.78 is 0. The number of nitrogens with two attached hydrogens (primary N) is 2. The number of nitrogen functional groups attached to an aromatic ring is 1. The first kappa shape index (κ1) is 12.5. The van der Waals surface area contributed by atoms with Gasteiger partial charge in [-0.3, -0.25) is 4.79 Å². The average molecular weight is 221 g/mol. The largest absolute Gasteiger partial charge is 0.399 e. The molecule has 0 aliphatic heterocycles. The summed E-state index contributed by atoms with van der Waals surface area (Å²) in [5.74, 6) is 0.0212. The Labute approximate surface area is 96.0 Å². The summed E-state index contributed by atoms with van der Waals surface area (Å²) in [5.41, 5.74) is 12.8. The Hall–Kier alpha value is -1.55. The van der Waals surface area contributed by atoms with Gasteiger partial charge < -0.3 is 16.8 Å². The third-order valence-corrected chi connectivity index (χ3v) is 2.74. The zero-order chi connectivity index (χ0) is 12.1. The predicted octanol–water partition coefficient (Wildman–Crippen LogP) is 1.58. The van der Waals surface area contributed by atoms with Crippen LogP contribution in [0.15, 0.2) is 24.3 Å². The first-order chi connectivity index (χ1) is 7.54. The quantitative estimate of drug-likeness (QED) is 0.675. The van der Waals surface area contributed by atoms with Gasteiger partial charge in [-0.15, -0.1) is 0 Å². The van der Waals surface area contributed by atoms with E-state index in [1.165, 1.54) is 0 Å². The van der Waals surface area contributed by atoms with E-state index in [4.69, 9.17) is 11.5 Å². The Morgan fingerprint density at radius 2 is 1.94 bits per heavy atom. The standard InChI is InChI=1S/C12H19N3O/c1-3-8(2)11(14)12(16)15-10-6-4-9(13)5-7-10/h4-8,11H,3,13-14H2,1-2H3,(H,15,16)/t8?,11-/m0/s1. The second kappa shape index (κ2) is 5.51. The van der Waals surface area contributed by atoms with Crippen LogP contribution in [0.25, 0.3) is 0 Å². The summed E-state index contributed by atoms with van der Waals surface area (Å²) in [4.78, 5) is 11.7. The van der Waals surface area contributed by atoms with Gasteiger partial charge >= 0.3 is 0 Å². The zero-order valence-corrected chi connectivity index (χ0v) is 9.73. The summed E-state index contributed by atoms with van der Waals surface area (Å²) in [5, 5.41) is 2.76. The van der Waals surface area contributed by atoms with E-state index in [0.717, 1.165) is 12.1 Å². The maximum Gasteiger partial charge on any atom is 0.241 e. The molecule has 4 heteroatoms. The van der Waals surface area contributed by atoms with Crippen molar-refractivity contribution in [1.82, 2.24) is 0 Å². The van der Waals surface area contributed by atoms with Crippen molar-refractivity contribution in [2.45, 2.75) is 26.3 Å². The van der Waals surface area contributed by atoms with Gasteiger partial charge in [-0.1, -0.05) is 20.3 Å². The fourth-order valence-electron chi connectivity index (χ4n) is 1.30. The Bertz CT molecular complexity index is 348. The molecule has 2 atom stereocenters. The van der Waals surface area contributed by atoms with E-state index in [-0.39, 0.29) is 11.8 Å². The number of amides is 1. The molecule has 0 radical (unpaired) electrons. The van der Waals surface area contributed by atoms with E-state index in [1.807, 2.05) is 13.8 Å². The van der Waals surface area contributed by atoms with Gasteiger partial charge in [-0.25, -0.2) is 0 Å². The number of rotatable bonds is 4. The summed E-state index contributed by atoms with van der Waals surface area (Å²) in [7, 11) is 0. The van der Waals surface area contributed by atoms with Crippen LogP contribution in [0.4, 0.5) is 11.4 Å². The molecule has 0 saturated carbocycles. The highest BCUT2D eigenvalue weighted by Gasteiger charge is 2.19. The highest BCUT2D eigenvalue weighted by molar-refractivity contribution is 5.94. The lowest BCUT2D eigenvalue weighted by atomic mass is 9.99. The van der Waals surface area contributed by atoms with Crippen LogP contribution in [0.3, 0.4) is 0 Å². The van der Waals surface area contributed by atoms with Gasteiger partial charge in [0.15, 0.2) is 0 Å². The normalized spacial score (nSPS) is 14.2. The monoisotopic (exact) mass is 221 g/mol. The summed E-state index contributed by atoms with van der Waals surface area (Å²) in [6.45, 7) is 3.98. The fraction of sp³-hybridized carbons (Fsp3) is 0.417. The predicted molar refractivity (Wildman–Crippen MR) is 66.9 cm³/mol. The van der Waals surface area contributed by atoms with Gasteiger partial charge in [0.05, 0.1) is 6.04 Å². The third kappa shape index (κ3) is 3.24. The van der Waals surface area contributed by atoms with Crippen LogP contribution in [-0.4, -0.2) is 11.9 Å². The van der Waals surface area contributed by atoms with Gasteiger partial charge in [0.25, 0.3) is 0 Å². The number of nitrogens with one attached hydrogen (secondary N) is 1. The summed E-state index contributed by atoms with van der Waals surface area (Å²) >= 11 is 0. The minimum absolute atomic E-state index is 0.154. The summed E-state index contributed by atoms with van der Waals surface area (Å²) in [6.07, 6.45) is 0.885. The highest BCUT2D eigenvalue weighted by Crippen LogP contribution is 2.12. The van der Waals surface area contributed by atoms with Crippen LogP contribution in [0, 0.1) is 5.92 Å². The van der Waals surface area contributed by atoms with Crippen molar-refractivity contribution in [3.8, 4) is 0 Å². The summed E-state index contributed by atoms with van der Waals surface area (Å²) in [6, 6.07) is 6.53. The van der Waals surface area contributed by atoms with Crippen molar-refractivity contribution in [2.75, 3.05) is 11.1 Å². The van der Waals surface area contributed by atoms with Gasteiger partial charge in [-0.05, 0) is 30.2 Å². The number of anilines is 2. The number of benzene rings is 1. The maximum absolute atomic E-state index is 11.7. The smallest absolute Gasteiger partial charge is 0.241 e. The topological polar surface area (TPSA) is 81.1 Å². The van der Waals surface area contributed by atoms with E-state index in [9.17, 15) is 4.79 Å². The molecule has 0 heterocycles. The molecule has 5 N–H and O–H groups in total. The average Bonchev–Trinajstić information content (AvgIpc) is 2.30. The molecule has 1 unspecified atom stereocenters. The highest BCUT2D eigenvalue weighted by atomic mass is 16.2. The van der Waals surface area contributed by atoms with Crippen LogP contribution in [0.2, 0.25) is 0 Å². The minimum atomic E-state index is -0.470. The molecule has 1 rings (SSSR count). The Morgan fingerprint density at radius 3 is 2.44 bits per heavy atom. The molecule has 0 bridgehead atoms. The zero-order valence-electron chi connectivity index (χ0n) is 9.73. The van der Waals surface area contributed by atoms with E-state index in [1.54, 1.807) is 24.3 Å². The molecule has 0 aliphatic rings. The van der Waals surface area contributed by atoms with Crippen molar-refractivity contribution in [3.63, 3.8) is 0 Å². The van der Waals surface area contributed by atoms with E-state index in [2.05, 4.69) is 5.32 Å². The Balaban J connectivity index is 2.60. The van der Waals surface area contributed by atoms with Crippen molar-refractivity contribution in [2.24, 2.45) is 11.7 Å². The second-order valence-electron chi connectivity index (χ2n) is 4.02. The first-order valence-electron chi connectivity index (χ1n) is 5.46. The number of carbonyl (C=O) groups excluding carboxylic acids is 1. The van der Waals surface area contributed by atoms with Gasteiger partial charge in [0.2, 0.25) is 5.91 Å². The van der Waals surface area contributed by atoms with E-state index >= 15 is 0 Å². The SMILES string of the molecule is CCC(C)[C@H](N)C(=O)Nc1ccc(N)cc1. The molecule has 0 spiro atoms. The molecule has 4 nitrogen and oxygen atoms in total. The van der Waals surface area contributed by atoms with Crippen LogP contribution < -0.4 is 16.8 Å². The fourth-order valence-corrected chi connectivity index (χ4v) is 1.30. The van der Waals surface area contributed by atoms with Gasteiger partial charge in [0.1, 0.15) is 0 Å². The molecular weight excluding hydrogens is 202 g/mol. The van der Waals surface area contributed by atoms with Gasteiger partial charge in [0, 0.05) is 11.4 Å². The van der Waals surface area contributed by atoms with Crippen molar-refractivity contribution < 1.29 is 4.79 Å². The lowest BCUT2D eigenvalue weighted by molar-refractivity contribution is -0.118. The number of hydrogen-bond acceptors (Lipinski definition) is 3. The maximum atomic E-state index is 11.7. The van der Waals surface area contributed by atoms with E-state index < -0.39 is 6.04 Å². The second-order valence-corrected chi connectivity index (χ2v) is 4.02. The molecular formula is C12H19N3O. The van der Waals surface area contributed by atoms with Crippen molar-refractivity contribution in [3.05, 3.63) is 24.3 Å². The third-order valence-electron chi connectivity index (χ3n) is 2.74. The lowest BCUT2D eigenvalue weighted by Gasteiger charge is -2.17. The first-order valence-corrected chi connectivity index (χ1v) is 5.46. The van der Waals surface area contributed by atoms with Crippen LogP contribution in [0.5, 0.6) is 0 Å². The Morgan fingerprint density at radius 1 is 1.38 bits per heavy atom. The Kier molecular flexibility index (Phi) is 4.31. The number of hydrogen-bond donors (Lipinski definition) is 3. The van der Waals surface area contributed by atoms with E-state index in [0.29, 0.717) is 5.69 Å². The molecule has 0 fully saturated rings. The van der Waals surface area contributed by atoms with Crippen LogP contribution in [-0.2, 0) is 4.79 Å².